The summed E-state index contributed by atoms with van der Waals surface area (Å²) in [5.74, 6) is 1.32. The Morgan fingerprint density at radius 1 is 1.33 bits per heavy atom. The number of hydrogen-bond acceptors (Lipinski definition) is 5. The van der Waals surface area contributed by atoms with Crippen molar-refractivity contribution >= 4 is 18.4 Å². The van der Waals surface area contributed by atoms with Gasteiger partial charge in [0.15, 0.2) is 11.5 Å². The fraction of sp³-hybridized carbons (Fsp3) is 0.182. The first kappa shape index (κ1) is 12.3. The fourth-order valence-corrected chi connectivity index (χ4v) is 1.54. The molecule has 0 amide bonds. The summed E-state index contributed by atoms with van der Waals surface area (Å²) < 4.78 is 10.7. The summed E-state index contributed by atoms with van der Waals surface area (Å²) in [5.41, 5.74) is 0.865. The summed E-state index contributed by atoms with van der Waals surface area (Å²) in [5, 5.41) is 6.91. The van der Waals surface area contributed by atoms with Crippen LogP contribution in [-0.4, -0.2) is 35.3 Å². The Balaban J connectivity index is 2.27. The van der Waals surface area contributed by atoms with Crippen molar-refractivity contribution in [3.8, 4) is 11.5 Å². The van der Waals surface area contributed by atoms with E-state index in [2.05, 4.69) is 15.2 Å². The number of aromatic amines is 1. The number of hydrogen-bond donors (Lipinski definition) is 1. The van der Waals surface area contributed by atoms with Crippen LogP contribution in [0.4, 0.5) is 0 Å². The molecule has 94 valence electrons. The van der Waals surface area contributed by atoms with Gasteiger partial charge in [-0.2, -0.15) is 5.10 Å². The molecule has 0 atom stereocenters. The van der Waals surface area contributed by atoms with E-state index in [1.165, 1.54) is 11.1 Å². The zero-order chi connectivity index (χ0) is 13.0. The maximum atomic E-state index is 5.20. The molecule has 1 aromatic carbocycles. The van der Waals surface area contributed by atoms with E-state index in [0.717, 1.165) is 5.56 Å². The van der Waals surface area contributed by atoms with Gasteiger partial charge in [-0.05, 0) is 36.0 Å². The van der Waals surface area contributed by atoms with E-state index in [1.807, 2.05) is 18.2 Å². The van der Waals surface area contributed by atoms with Gasteiger partial charge in [-0.15, -0.1) is 4.79 Å². The van der Waals surface area contributed by atoms with Gasteiger partial charge >= 0.3 is 0 Å². The van der Waals surface area contributed by atoms with Gasteiger partial charge in [-0.25, -0.2) is 4.98 Å². The van der Waals surface area contributed by atoms with Gasteiger partial charge in [-0.3, -0.25) is 5.10 Å². The molecule has 1 N–H and O–H groups in total. The average molecular weight is 264 g/mol. The largest absolute Gasteiger partial charge is 0.493 e. The second-order valence-electron chi connectivity index (χ2n) is 3.34. The van der Waals surface area contributed by atoms with Gasteiger partial charge in [0.2, 0.25) is 4.77 Å². The van der Waals surface area contributed by atoms with Gasteiger partial charge in [0, 0.05) is 0 Å². The van der Waals surface area contributed by atoms with E-state index in [-0.39, 0.29) is 0 Å². The van der Waals surface area contributed by atoms with Crippen LogP contribution < -0.4 is 9.47 Å². The Morgan fingerprint density at radius 2 is 2.11 bits per heavy atom. The van der Waals surface area contributed by atoms with Crippen LogP contribution in [0.1, 0.15) is 5.56 Å². The van der Waals surface area contributed by atoms with Crippen molar-refractivity contribution in [3.63, 3.8) is 0 Å². The van der Waals surface area contributed by atoms with E-state index >= 15 is 0 Å². The molecule has 0 aliphatic rings. The summed E-state index contributed by atoms with van der Waals surface area (Å²) in [6, 6.07) is 5.50. The van der Waals surface area contributed by atoms with Crippen LogP contribution in [0.3, 0.4) is 0 Å². The third-order valence-electron chi connectivity index (χ3n) is 2.27. The maximum absolute atomic E-state index is 5.20. The number of aromatic nitrogens is 3. The van der Waals surface area contributed by atoms with Gasteiger partial charge in [0.1, 0.15) is 6.33 Å². The lowest BCUT2D eigenvalue weighted by atomic mass is 10.2. The van der Waals surface area contributed by atoms with Crippen molar-refractivity contribution in [1.82, 2.24) is 14.9 Å². The molecule has 0 radical (unpaired) electrons. The molecule has 18 heavy (non-hydrogen) atoms. The minimum atomic E-state index is 0.367. The van der Waals surface area contributed by atoms with Crippen LogP contribution in [0.25, 0.3) is 0 Å². The monoisotopic (exact) mass is 264 g/mol. The third kappa shape index (κ3) is 2.57. The SMILES string of the molecule is COc1ccc(C=Nn2[nH]cnc2=S)cc1OC. The molecule has 2 aromatic rings. The quantitative estimate of drug-likeness (QED) is 0.676. The van der Waals surface area contributed by atoms with Crippen LogP contribution in [-0.2, 0) is 0 Å². The predicted octanol–water partition coefficient (Wildman–Crippen LogP) is 1.84. The van der Waals surface area contributed by atoms with Crippen LogP contribution >= 0.6 is 12.2 Å². The molecule has 0 spiro atoms. The first-order valence-electron chi connectivity index (χ1n) is 5.13. The number of nitrogens with zero attached hydrogens (tertiary/aromatic N) is 3. The van der Waals surface area contributed by atoms with E-state index < -0.39 is 0 Å². The Bertz CT molecular complexity index is 618. The van der Waals surface area contributed by atoms with E-state index in [0.29, 0.717) is 16.3 Å². The zero-order valence-corrected chi connectivity index (χ0v) is 10.8. The molecule has 7 heteroatoms. The Hall–Kier alpha value is -2.15. The number of nitrogens with one attached hydrogen (secondary N) is 1. The molecule has 0 aliphatic heterocycles. The molecule has 0 unspecified atom stereocenters. The normalized spacial score (nSPS) is 10.8. The van der Waals surface area contributed by atoms with Crippen molar-refractivity contribution in [2.45, 2.75) is 0 Å². The van der Waals surface area contributed by atoms with Crippen LogP contribution in [0.2, 0.25) is 0 Å². The smallest absolute Gasteiger partial charge is 0.238 e. The molecule has 0 saturated carbocycles. The van der Waals surface area contributed by atoms with Crippen LogP contribution in [0.15, 0.2) is 29.6 Å². The second-order valence-corrected chi connectivity index (χ2v) is 3.71. The molecule has 0 aliphatic carbocycles. The highest BCUT2D eigenvalue weighted by Gasteiger charge is 2.02. The molecule has 6 nitrogen and oxygen atoms in total. The summed E-state index contributed by atoms with van der Waals surface area (Å²) in [6.07, 6.45) is 3.13. The van der Waals surface area contributed by atoms with Crippen molar-refractivity contribution in [3.05, 3.63) is 34.9 Å². The number of rotatable bonds is 4. The van der Waals surface area contributed by atoms with Gasteiger partial charge in [0.05, 0.1) is 20.4 Å². The topological polar surface area (TPSA) is 64.4 Å². The standard InChI is InChI=1S/C11H12N4O2S/c1-16-9-4-3-8(5-10(9)17-2)6-13-15-11(18)12-7-14-15/h3-7H,1-2H3,(H,12,14,18). The summed E-state index contributed by atoms with van der Waals surface area (Å²) in [7, 11) is 3.18. The maximum Gasteiger partial charge on any atom is 0.238 e. The highest BCUT2D eigenvalue weighted by atomic mass is 32.1. The van der Waals surface area contributed by atoms with Crippen LogP contribution in [0.5, 0.6) is 11.5 Å². The number of methoxy groups -OCH3 is 2. The van der Waals surface area contributed by atoms with Crippen molar-refractivity contribution in [2.75, 3.05) is 14.2 Å². The minimum Gasteiger partial charge on any atom is -0.493 e. The molecular formula is C11H12N4O2S. The molecule has 0 bridgehead atoms. The summed E-state index contributed by atoms with van der Waals surface area (Å²) in [4.78, 5) is 5.25. The molecular weight excluding hydrogens is 252 g/mol. The minimum absolute atomic E-state index is 0.367. The fourth-order valence-electron chi connectivity index (χ4n) is 1.39. The lowest BCUT2D eigenvalue weighted by Gasteiger charge is -2.07. The summed E-state index contributed by atoms with van der Waals surface area (Å²) in [6.45, 7) is 0. The van der Waals surface area contributed by atoms with Gasteiger partial charge < -0.3 is 9.47 Å². The third-order valence-corrected chi connectivity index (χ3v) is 2.54. The number of ether oxygens (including phenoxy) is 2. The van der Waals surface area contributed by atoms with E-state index in [1.54, 1.807) is 20.4 Å². The molecule has 0 fully saturated rings. The molecule has 0 saturated heterocycles. The van der Waals surface area contributed by atoms with Gasteiger partial charge in [0.25, 0.3) is 0 Å². The molecule has 1 aromatic heterocycles. The molecule has 2 rings (SSSR count). The highest BCUT2D eigenvalue weighted by Crippen LogP contribution is 2.26. The van der Waals surface area contributed by atoms with Crippen molar-refractivity contribution < 1.29 is 9.47 Å². The zero-order valence-electron chi connectivity index (χ0n) is 9.95. The average Bonchev–Trinajstić information content (AvgIpc) is 2.81. The van der Waals surface area contributed by atoms with E-state index in [4.69, 9.17) is 21.7 Å². The van der Waals surface area contributed by atoms with E-state index in [9.17, 15) is 0 Å². The van der Waals surface area contributed by atoms with Crippen molar-refractivity contribution in [1.29, 1.82) is 0 Å². The second kappa shape index (κ2) is 5.46. The first-order valence-corrected chi connectivity index (χ1v) is 5.54. The first-order chi connectivity index (χ1) is 8.74. The lowest BCUT2D eigenvalue weighted by Crippen LogP contribution is -1.95. The molecule has 1 heterocycles. The number of benzene rings is 1. The highest BCUT2D eigenvalue weighted by molar-refractivity contribution is 7.71. The summed E-state index contributed by atoms with van der Waals surface area (Å²) >= 11 is 4.95. The Morgan fingerprint density at radius 3 is 2.72 bits per heavy atom. The van der Waals surface area contributed by atoms with Crippen molar-refractivity contribution in [2.24, 2.45) is 5.10 Å². The Kier molecular flexibility index (Phi) is 3.73. The van der Waals surface area contributed by atoms with Gasteiger partial charge in [-0.1, -0.05) is 0 Å². The lowest BCUT2D eigenvalue weighted by molar-refractivity contribution is 0.355. The van der Waals surface area contributed by atoms with Crippen LogP contribution in [0, 0.1) is 4.77 Å². The predicted molar refractivity (Wildman–Crippen MR) is 69.9 cm³/mol. The number of H-pyrrole nitrogens is 1. The Labute approximate surface area is 109 Å².